The summed E-state index contributed by atoms with van der Waals surface area (Å²) in [6, 6.07) is 13.1. The van der Waals surface area contributed by atoms with Crippen molar-refractivity contribution in [3.05, 3.63) is 48.5 Å². The predicted molar refractivity (Wildman–Crippen MR) is 156 cm³/mol. The molecule has 0 radical (unpaired) electrons. The van der Waals surface area contributed by atoms with Crippen LogP contribution in [-0.2, 0) is 19.1 Å². The first-order chi connectivity index (χ1) is 19.8. The Balaban J connectivity index is 1.39. The number of hydrogen-bond donors (Lipinski definition) is 3. The molecule has 2 aromatic rings. The number of carbonyl (C=O) groups is 3. The van der Waals surface area contributed by atoms with Gasteiger partial charge in [-0.3, -0.25) is 14.4 Å². The largest absolute Gasteiger partial charge is 0.494 e. The van der Waals surface area contributed by atoms with Gasteiger partial charge in [-0.2, -0.15) is 0 Å². The molecule has 3 fully saturated rings. The third kappa shape index (κ3) is 5.04. The number of nitrogens with one attached hydrogen (secondary N) is 2. The second-order valence-electron chi connectivity index (χ2n) is 11.0. The number of aliphatic hydroxyl groups is 1. The molecule has 6 atom stereocenters. The van der Waals surface area contributed by atoms with Crippen molar-refractivity contribution in [1.29, 1.82) is 0 Å². The minimum Gasteiger partial charge on any atom is -0.494 e. The number of likely N-dealkylation sites (tertiary alicyclic amines) is 1. The Morgan fingerprint density at radius 3 is 2.24 bits per heavy atom. The molecule has 5 rings (SSSR count). The summed E-state index contributed by atoms with van der Waals surface area (Å²) >= 11 is 0. The number of aliphatic hydroxyl groups excluding tert-OH is 1. The molecule has 3 N–H and O–H groups in total. The van der Waals surface area contributed by atoms with E-state index in [4.69, 9.17) is 9.47 Å². The molecule has 3 aliphatic rings. The van der Waals surface area contributed by atoms with Gasteiger partial charge < -0.3 is 35.0 Å². The number of amides is 3. The molecule has 2 aromatic carbocycles. The number of carbonyl (C=O) groups excluding carboxylic acids is 3. The Labute approximate surface area is 241 Å². The summed E-state index contributed by atoms with van der Waals surface area (Å²) in [5, 5.41) is 15.9. The van der Waals surface area contributed by atoms with Crippen molar-refractivity contribution in [1.82, 2.24) is 4.90 Å². The Morgan fingerprint density at radius 2 is 1.66 bits per heavy atom. The molecule has 1 spiro atoms. The zero-order valence-electron chi connectivity index (χ0n) is 24.1. The van der Waals surface area contributed by atoms with Crippen LogP contribution in [0.3, 0.4) is 0 Å². The fourth-order valence-electron chi connectivity index (χ4n) is 6.83. The van der Waals surface area contributed by atoms with Crippen LogP contribution >= 0.6 is 0 Å². The SMILES string of the molecule is CCOc1ccc(NC(=O)[C@@H]2[C@@H]3CCC4(O3)C(C(=O)Nc3ccc(N(CC)CC)cc3)N([C@H](C)CO)C(=O)[C@H]24)cc1. The van der Waals surface area contributed by atoms with Gasteiger partial charge in [0.15, 0.2) is 0 Å². The molecule has 2 unspecified atom stereocenters. The number of ether oxygens (including phenoxy) is 2. The van der Waals surface area contributed by atoms with Gasteiger partial charge in [0.05, 0.1) is 37.2 Å². The minimum atomic E-state index is -1.14. The number of benzene rings is 2. The molecule has 3 amide bonds. The van der Waals surface area contributed by atoms with Gasteiger partial charge in [-0.05, 0) is 89.1 Å². The van der Waals surface area contributed by atoms with Crippen molar-refractivity contribution in [2.75, 3.05) is 41.8 Å². The van der Waals surface area contributed by atoms with Crippen molar-refractivity contribution < 1.29 is 29.0 Å². The molecular formula is C31H40N4O6. The lowest BCUT2D eigenvalue weighted by Gasteiger charge is -2.35. The first-order valence-corrected chi connectivity index (χ1v) is 14.6. The van der Waals surface area contributed by atoms with Gasteiger partial charge >= 0.3 is 0 Å². The third-order valence-electron chi connectivity index (χ3n) is 8.72. The molecule has 10 heteroatoms. The number of hydrogen-bond acceptors (Lipinski definition) is 7. The standard InChI is InChI=1S/C31H40N4O6/c1-5-34(6-2)22-12-8-20(9-13-22)33-29(38)27-31-17-16-24(41-31)25(26(31)30(39)35(27)19(4)18-36)28(37)32-21-10-14-23(15-11-21)40-7-3/h8-15,19,24-27,36H,5-7,16-18H2,1-4H3,(H,32,37)(H,33,38)/t19-,24+,25-,26+,27?,31?/m1/s1. The molecule has 41 heavy (non-hydrogen) atoms. The Morgan fingerprint density at radius 1 is 1.05 bits per heavy atom. The lowest BCUT2D eigenvalue weighted by molar-refractivity contribution is -0.142. The normalized spacial score (nSPS) is 27.0. The summed E-state index contributed by atoms with van der Waals surface area (Å²) in [5.41, 5.74) is 1.10. The maximum atomic E-state index is 14.0. The molecular weight excluding hydrogens is 524 g/mol. The highest BCUT2D eigenvalue weighted by molar-refractivity contribution is 6.05. The Hall–Kier alpha value is -3.63. The Kier molecular flexibility index (Phi) is 8.24. The third-order valence-corrected chi connectivity index (χ3v) is 8.72. The van der Waals surface area contributed by atoms with E-state index in [2.05, 4.69) is 29.4 Å². The van der Waals surface area contributed by atoms with Crippen LogP contribution in [0.2, 0.25) is 0 Å². The van der Waals surface area contributed by atoms with Gasteiger partial charge in [0.2, 0.25) is 17.7 Å². The van der Waals surface area contributed by atoms with Crippen LogP contribution in [0.15, 0.2) is 48.5 Å². The van der Waals surface area contributed by atoms with Crippen LogP contribution < -0.4 is 20.3 Å². The smallest absolute Gasteiger partial charge is 0.250 e. The lowest BCUT2D eigenvalue weighted by Crippen LogP contribution is -2.55. The number of rotatable bonds is 11. The van der Waals surface area contributed by atoms with Crippen LogP contribution in [0.4, 0.5) is 17.1 Å². The summed E-state index contributed by atoms with van der Waals surface area (Å²) in [6.45, 7) is 9.75. The summed E-state index contributed by atoms with van der Waals surface area (Å²) in [7, 11) is 0. The number of anilines is 3. The predicted octanol–water partition coefficient (Wildman–Crippen LogP) is 3.26. The van der Waals surface area contributed by atoms with Crippen LogP contribution in [0.25, 0.3) is 0 Å². The molecule has 0 aliphatic carbocycles. The average molecular weight is 565 g/mol. The minimum absolute atomic E-state index is 0.316. The fraction of sp³-hybridized carbons (Fsp3) is 0.516. The highest BCUT2D eigenvalue weighted by atomic mass is 16.5. The van der Waals surface area contributed by atoms with Crippen LogP contribution in [0, 0.1) is 11.8 Å². The molecule has 2 bridgehead atoms. The molecule has 0 saturated carbocycles. The van der Waals surface area contributed by atoms with E-state index in [0.29, 0.717) is 36.6 Å². The summed E-state index contributed by atoms with van der Waals surface area (Å²) in [5.74, 6) is -1.91. The maximum Gasteiger partial charge on any atom is 0.250 e. The second-order valence-corrected chi connectivity index (χ2v) is 11.0. The molecule has 3 aliphatic heterocycles. The fourth-order valence-corrected chi connectivity index (χ4v) is 6.83. The van der Waals surface area contributed by atoms with Gasteiger partial charge in [-0.1, -0.05) is 0 Å². The maximum absolute atomic E-state index is 14.0. The van der Waals surface area contributed by atoms with Gasteiger partial charge in [0.1, 0.15) is 17.4 Å². The first kappa shape index (κ1) is 28.9. The van der Waals surface area contributed by atoms with Crippen molar-refractivity contribution in [2.24, 2.45) is 11.8 Å². The topological polar surface area (TPSA) is 120 Å². The van der Waals surface area contributed by atoms with Crippen molar-refractivity contribution in [2.45, 2.75) is 64.3 Å². The zero-order valence-corrected chi connectivity index (χ0v) is 24.1. The van der Waals surface area contributed by atoms with E-state index >= 15 is 0 Å². The molecule has 3 heterocycles. The highest BCUT2D eigenvalue weighted by Gasteiger charge is 2.74. The van der Waals surface area contributed by atoms with E-state index in [1.807, 2.05) is 31.2 Å². The summed E-state index contributed by atoms with van der Waals surface area (Å²) < 4.78 is 11.9. The average Bonchev–Trinajstić information content (AvgIpc) is 3.62. The summed E-state index contributed by atoms with van der Waals surface area (Å²) in [4.78, 5) is 45.1. The van der Waals surface area contributed by atoms with E-state index in [-0.39, 0.29) is 24.3 Å². The highest BCUT2D eigenvalue weighted by Crippen LogP contribution is 2.59. The summed E-state index contributed by atoms with van der Waals surface area (Å²) in [6.07, 6.45) is 0.575. The van der Waals surface area contributed by atoms with E-state index < -0.39 is 35.6 Å². The molecule has 220 valence electrons. The van der Waals surface area contributed by atoms with E-state index in [1.165, 1.54) is 4.90 Å². The van der Waals surface area contributed by atoms with Crippen LogP contribution in [0.5, 0.6) is 5.75 Å². The van der Waals surface area contributed by atoms with Crippen molar-refractivity contribution in [3.63, 3.8) is 0 Å². The quantitative estimate of drug-likeness (QED) is 0.383. The van der Waals surface area contributed by atoms with Crippen molar-refractivity contribution in [3.8, 4) is 5.75 Å². The zero-order chi connectivity index (χ0) is 29.3. The first-order valence-electron chi connectivity index (χ1n) is 14.6. The monoisotopic (exact) mass is 564 g/mol. The van der Waals surface area contributed by atoms with E-state index in [1.54, 1.807) is 31.2 Å². The Bertz CT molecular complexity index is 1260. The van der Waals surface area contributed by atoms with E-state index in [0.717, 1.165) is 18.8 Å². The van der Waals surface area contributed by atoms with Gasteiger partial charge in [-0.15, -0.1) is 0 Å². The molecule has 3 saturated heterocycles. The molecule has 0 aromatic heterocycles. The van der Waals surface area contributed by atoms with Gasteiger partial charge in [-0.25, -0.2) is 0 Å². The number of nitrogens with zero attached hydrogens (tertiary/aromatic N) is 2. The lowest BCUT2D eigenvalue weighted by atomic mass is 9.70. The van der Waals surface area contributed by atoms with Crippen molar-refractivity contribution >= 4 is 34.8 Å². The van der Waals surface area contributed by atoms with Crippen LogP contribution in [0.1, 0.15) is 40.5 Å². The second kappa shape index (κ2) is 11.7. The van der Waals surface area contributed by atoms with E-state index in [9.17, 15) is 19.5 Å². The number of fused-ring (bicyclic) bond motifs is 1. The van der Waals surface area contributed by atoms with Crippen LogP contribution in [-0.4, -0.2) is 77.8 Å². The van der Waals surface area contributed by atoms with Gasteiger partial charge in [0, 0.05) is 30.2 Å². The molecule has 10 nitrogen and oxygen atoms in total. The van der Waals surface area contributed by atoms with Gasteiger partial charge in [0.25, 0.3) is 0 Å².